The highest BCUT2D eigenvalue weighted by molar-refractivity contribution is 6.05. The number of hydrogen-bond donors (Lipinski definition) is 2. The lowest BCUT2D eigenvalue weighted by molar-refractivity contribution is -0.150. The molecule has 5 rings (SSSR count). The zero-order chi connectivity index (χ0) is 32.2. The lowest BCUT2D eigenvalue weighted by Crippen LogP contribution is -2.34. The van der Waals surface area contributed by atoms with Gasteiger partial charge >= 0.3 is 5.97 Å². The number of ether oxygens (including phenoxy) is 3. The molecule has 2 heterocycles. The number of pyridine rings is 1. The first-order chi connectivity index (χ1) is 21.6. The van der Waals surface area contributed by atoms with Crippen molar-refractivity contribution in [1.82, 2.24) is 14.3 Å². The molecule has 0 saturated heterocycles. The van der Waals surface area contributed by atoms with E-state index in [1.54, 1.807) is 86.4 Å². The van der Waals surface area contributed by atoms with E-state index in [4.69, 9.17) is 19.9 Å². The Morgan fingerprint density at radius 3 is 2.43 bits per heavy atom. The number of esters is 1. The van der Waals surface area contributed by atoms with Crippen LogP contribution in [-0.2, 0) is 16.1 Å². The first-order valence-electron chi connectivity index (χ1n) is 14.1. The Labute approximate surface area is 265 Å². The van der Waals surface area contributed by atoms with Crippen LogP contribution in [0.15, 0.2) is 83.8 Å². The number of amides is 1. The van der Waals surface area contributed by atoms with Gasteiger partial charge in [0.2, 0.25) is 0 Å². The Balaban J connectivity index is 0.00000480. The molecule has 0 aliphatic carbocycles. The van der Waals surface area contributed by atoms with E-state index in [0.717, 1.165) is 6.07 Å². The molecule has 2 aromatic heterocycles. The minimum atomic E-state index is -0.818. The molecular formula is C34H36FN5O6. The van der Waals surface area contributed by atoms with Crippen molar-refractivity contribution in [2.24, 2.45) is 5.73 Å². The highest BCUT2D eigenvalue weighted by atomic mass is 19.1. The van der Waals surface area contributed by atoms with Crippen molar-refractivity contribution in [3.8, 4) is 22.9 Å². The minimum Gasteiger partial charge on any atom is -0.497 e. The number of fused-ring (bicyclic) bond motifs is 1. The number of hydrogen-bond acceptors (Lipinski definition) is 8. The number of carbonyl (C=O) groups is 2. The number of rotatable bonds is 10. The summed E-state index contributed by atoms with van der Waals surface area (Å²) in [6.07, 6.45) is 0.880. The van der Waals surface area contributed by atoms with E-state index in [1.807, 2.05) is 0 Å². The summed E-state index contributed by atoms with van der Waals surface area (Å²) in [5.74, 6) is -1.11. The van der Waals surface area contributed by atoms with E-state index < -0.39 is 35.4 Å². The summed E-state index contributed by atoms with van der Waals surface area (Å²) in [4.78, 5) is 43.5. The third-order valence-electron chi connectivity index (χ3n) is 7.06. The number of anilines is 1. The van der Waals surface area contributed by atoms with Gasteiger partial charge in [-0.15, -0.1) is 0 Å². The Bertz CT molecular complexity index is 1940. The van der Waals surface area contributed by atoms with Crippen LogP contribution >= 0.6 is 0 Å². The van der Waals surface area contributed by atoms with Crippen molar-refractivity contribution >= 4 is 28.5 Å². The molecule has 0 radical (unpaired) electrons. The number of aromatic nitrogens is 3. The lowest BCUT2D eigenvalue weighted by Gasteiger charge is -2.19. The van der Waals surface area contributed by atoms with Crippen molar-refractivity contribution < 1.29 is 28.2 Å². The molecule has 0 saturated carbocycles. The second-order valence-electron chi connectivity index (χ2n) is 10.4. The number of nitrogens with one attached hydrogen (secondary N) is 1. The van der Waals surface area contributed by atoms with Crippen LogP contribution in [0.3, 0.4) is 0 Å². The molecule has 12 heteroatoms. The maximum atomic E-state index is 15.2. The van der Waals surface area contributed by atoms with E-state index in [-0.39, 0.29) is 31.0 Å². The van der Waals surface area contributed by atoms with E-state index in [9.17, 15) is 14.4 Å². The van der Waals surface area contributed by atoms with E-state index in [1.165, 1.54) is 23.7 Å². The largest absolute Gasteiger partial charge is 0.497 e. The first-order valence-corrected chi connectivity index (χ1v) is 14.1. The van der Waals surface area contributed by atoms with Gasteiger partial charge in [-0.25, -0.2) is 9.07 Å². The number of nitrogens with zero attached hydrogens (tertiary/aromatic N) is 3. The van der Waals surface area contributed by atoms with Gasteiger partial charge in [0.05, 0.1) is 30.6 Å². The number of carbonyl (C=O) groups excluding carboxylic acids is 2. The predicted octanol–water partition coefficient (Wildman–Crippen LogP) is 5.60. The molecule has 0 aliphatic heterocycles. The van der Waals surface area contributed by atoms with Crippen molar-refractivity contribution in [2.75, 3.05) is 12.4 Å². The van der Waals surface area contributed by atoms with Crippen LogP contribution in [0.4, 0.5) is 10.1 Å². The molecular weight excluding hydrogens is 593 g/mol. The standard InChI is InChI=1S/C33H32FN5O6.CH4/c1-19(44-33(42)20(2)35)18-38-21(3)30(32(41)39(38)23-8-6-5-7-9-23)31(40)37-22-10-13-29(26(34)16-22)45-28-14-15-36-27-17-24(43-4)11-12-25(27)28;/h5-17,19-20H,18,35H2,1-4H3,(H,37,40);1H4/t19-,20-;/m0./s1. The molecule has 0 spiro atoms. The van der Waals surface area contributed by atoms with Crippen LogP contribution in [0.2, 0.25) is 0 Å². The van der Waals surface area contributed by atoms with E-state index in [0.29, 0.717) is 33.8 Å². The van der Waals surface area contributed by atoms with Crippen LogP contribution in [0, 0.1) is 12.7 Å². The fraction of sp³-hybridized carbons (Fsp3) is 0.235. The summed E-state index contributed by atoms with van der Waals surface area (Å²) in [6.45, 7) is 4.86. The van der Waals surface area contributed by atoms with Crippen LogP contribution in [0.1, 0.15) is 37.3 Å². The fourth-order valence-electron chi connectivity index (χ4n) is 4.83. The highest BCUT2D eigenvalue weighted by Crippen LogP contribution is 2.33. The molecule has 46 heavy (non-hydrogen) atoms. The van der Waals surface area contributed by atoms with Crippen molar-refractivity contribution in [2.45, 2.75) is 46.9 Å². The van der Waals surface area contributed by atoms with Crippen molar-refractivity contribution in [3.05, 3.63) is 106 Å². The van der Waals surface area contributed by atoms with Crippen molar-refractivity contribution in [1.29, 1.82) is 0 Å². The quantitative estimate of drug-likeness (QED) is 0.190. The molecule has 0 unspecified atom stereocenters. The molecule has 0 aliphatic rings. The summed E-state index contributed by atoms with van der Waals surface area (Å²) in [7, 11) is 1.55. The van der Waals surface area contributed by atoms with E-state index in [2.05, 4.69) is 10.3 Å². The van der Waals surface area contributed by atoms with Crippen LogP contribution in [-0.4, -0.2) is 45.5 Å². The summed E-state index contributed by atoms with van der Waals surface area (Å²) in [5, 5.41) is 3.28. The molecule has 0 fully saturated rings. The summed E-state index contributed by atoms with van der Waals surface area (Å²) in [5.41, 5.74) is 6.45. The van der Waals surface area contributed by atoms with Gasteiger partial charge in [0.25, 0.3) is 11.5 Å². The number of benzene rings is 3. The molecule has 1 amide bonds. The Morgan fingerprint density at radius 2 is 1.76 bits per heavy atom. The van der Waals surface area contributed by atoms with E-state index >= 15 is 4.39 Å². The van der Waals surface area contributed by atoms with Crippen LogP contribution in [0.25, 0.3) is 16.6 Å². The number of halogens is 1. The smallest absolute Gasteiger partial charge is 0.322 e. The first kappa shape index (κ1) is 33.4. The van der Waals surface area contributed by atoms with Crippen LogP contribution in [0.5, 0.6) is 17.2 Å². The van der Waals surface area contributed by atoms with Gasteiger partial charge in [0.15, 0.2) is 11.6 Å². The molecule has 3 aromatic carbocycles. The second kappa shape index (κ2) is 14.1. The molecule has 0 bridgehead atoms. The third-order valence-corrected chi connectivity index (χ3v) is 7.06. The highest BCUT2D eigenvalue weighted by Gasteiger charge is 2.26. The maximum absolute atomic E-state index is 15.2. The maximum Gasteiger partial charge on any atom is 0.322 e. The Morgan fingerprint density at radius 1 is 1.02 bits per heavy atom. The number of nitrogens with two attached hydrogens (primary N) is 1. The SMILES string of the molecule is C.COc1ccc2c(Oc3ccc(NC(=O)c4c(C)n(C[C@H](C)OC(=O)[C@H](C)N)n(-c5ccccc5)c4=O)cc3F)ccnc2c1. The normalized spacial score (nSPS) is 12.1. The average Bonchev–Trinajstić information content (AvgIpc) is 3.26. The monoisotopic (exact) mass is 629 g/mol. The van der Waals surface area contributed by atoms with Gasteiger partial charge < -0.3 is 25.3 Å². The summed E-state index contributed by atoms with van der Waals surface area (Å²) >= 11 is 0. The number of methoxy groups -OCH3 is 1. The van der Waals surface area contributed by atoms with Crippen LogP contribution < -0.4 is 26.1 Å². The zero-order valence-electron chi connectivity index (χ0n) is 25.1. The topological polar surface area (TPSA) is 140 Å². The van der Waals surface area contributed by atoms with Gasteiger partial charge in [-0.3, -0.25) is 24.0 Å². The second-order valence-corrected chi connectivity index (χ2v) is 10.4. The molecule has 11 nitrogen and oxygen atoms in total. The molecule has 5 aromatic rings. The van der Waals surface area contributed by atoms with Gasteiger partial charge in [-0.05, 0) is 63.2 Å². The zero-order valence-corrected chi connectivity index (χ0v) is 25.1. The molecule has 3 N–H and O–H groups in total. The Hall–Kier alpha value is -5.49. The van der Waals surface area contributed by atoms with Crippen molar-refractivity contribution in [3.63, 3.8) is 0 Å². The van der Waals surface area contributed by atoms with Gasteiger partial charge in [-0.1, -0.05) is 25.6 Å². The predicted molar refractivity (Wildman–Crippen MR) is 173 cm³/mol. The number of para-hydroxylation sites is 1. The summed E-state index contributed by atoms with van der Waals surface area (Å²) in [6, 6.07) is 18.8. The van der Waals surface area contributed by atoms with Gasteiger partial charge in [0, 0.05) is 29.4 Å². The third kappa shape index (κ3) is 6.92. The lowest BCUT2D eigenvalue weighted by atomic mass is 10.2. The van der Waals surface area contributed by atoms with Gasteiger partial charge in [0.1, 0.15) is 29.2 Å². The minimum absolute atomic E-state index is 0. The van der Waals surface area contributed by atoms with Gasteiger partial charge in [-0.2, -0.15) is 0 Å². The summed E-state index contributed by atoms with van der Waals surface area (Å²) < 4.78 is 34.6. The molecule has 2 atom stereocenters. The average molecular weight is 630 g/mol. The fourth-order valence-corrected chi connectivity index (χ4v) is 4.83. The molecule has 240 valence electrons. The Kier molecular flexibility index (Phi) is 10.2.